The van der Waals surface area contributed by atoms with Crippen molar-refractivity contribution >= 4 is 11.8 Å². The van der Waals surface area contributed by atoms with Gasteiger partial charge in [0.2, 0.25) is 11.8 Å². The minimum Gasteiger partial charge on any atom is -0.349 e. The zero-order valence-corrected chi connectivity index (χ0v) is 14.5. The van der Waals surface area contributed by atoms with Gasteiger partial charge in [0.15, 0.2) is 0 Å². The maximum Gasteiger partial charge on any atom is 0.222 e. The number of carbonyl (C=O) groups excluding carboxylic acids is 2. The summed E-state index contributed by atoms with van der Waals surface area (Å²) >= 11 is 0. The van der Waals surface area contributed by atoms with Gasteiger partial charge in [-0.05, 0) is 49.8 Å². The molecule has 1 aromatic carbocycles. The Hall–Kier alpha value is -1.84. The van der Waals surface area contributed by atoms with E-state index < -0.39 is 0 Å². The maximum atomic E-state index is 12.2. The summed E-state index contributed by atoms with van der Waals surface area (Å²) in [5, 5.41) is 3.11. The van der Waals surface area contributed by atoms with Crippen LogP contribution in [-0.4, -0.2) is 29.8 Å². The summed E-state index contributed by atoms with van der Waals surface area (Å²) in [6, 6.07) is 6.38. The summed E-state index contributed by atoms with van der Waals surface area (Å²) < 4.78 is 0. The van der Waals surface area contributed by atoms with E-state index in [1.807, 2.05) is 4.90 Å². The number of benzene rings is 1. The number of rotatable bonds is 6. The Morgan fingerprint density at radius 1 is 1.26 bits per heavy atom. The Bertz CT molecular complexity index is 568. The zero-order valence-electron chi connectivity index (χ0n) is 14.5. The van der Waals surface area contributed by atoms with E-state index in [1.54, 1.807) is 0 Å². The third-order valence-corrected chi connectivity index (χ3v) is 4.71. The molecule has 1 N–H and O–H groups in total. The third-order valence-electron chi connectivity index (χ3n) is 4.71. The van der Waals surface area contributed by atoms with Crippen molar-refractivity contribution in [1.29, 1.82) is 0 Å². The summed E-state index contributed by atoms with van der Waals surface area (Å²) in [7, 11) is 0. The summed E-state index contributed by atoms with van der Waals surface area (Å²) in [6.07, 6.45) is 3.89. The van der Waals surface area contributed by atoms with Crippen LogP contribution < -0.4 is 5.32 Å². The molecule has 0 saturated carbocycles. The fourth-order valence-corrected chi connectivity index (χ4v) is 3.00. The van der Waals surface area contributed by atoms with Crippen LogP contribution >= 0.6 is 0 Å². The molecule has 0 radical (unpaired) electrons. The van der Waals surface area contributed by atoms with Crippen LogP contribution in [0.15, 0.2) is 18.2 Å². The normalized spacial score (nSPS) is 16.3. The van der Waals surface area contributed by atoms with Gasteiger partial charge in [-0.3, -0.25) is 9.59 Å². The quantitative estimate of drug-likeness (QED) is 0.875. The lowest BCUT2D eigenvalue weighted by Crippen LogP contribution is -2.38. The molecule has 1 saturated heterocycles. The van der Waals surface area contributed by atoms with Crippen LogP contribution in [0.3, 0.4) is 0 Å². The van der Waals surface area contributed by atoms with Crippen molar-refractivity contribution < 1.29 is 9.59 Å². The van der Waals surface area contributed by atoms with Crippen molar-refractivity contribution in [3.63, 3.8) is 0 Å². The van der Waals surface area contributed by atoms with Crippen molar-refractivity contribution in [3.8, 4) is 0 Å². The van der Waals surface area contributed by atoms with Crippen LogP contribution in [0, 0.1) is 13.8 Å². The second-order valence-corrected chi connectivity index (χ2v) is 6.46. The van der Waals surface area contributed by atoms with Crippen LogP contribution in [-0.2, 0) is 9.59 Å². The smallest absolute Gasteiger partial charge is 0.222 e. The molecule has 0 aromatic heterocycles. The number of likely N-dealkylation sites (tertiary alicyclic amines) is 1. The van der Waals surface area contributed by atoms with Gasteiger partial charge < -0.3 is 10.2 Å². The molecule has 1 fully saturated rings. The molecule has 1 aromatic rings. The predicted molar refractivity (Wildman–Crippen MR) is 92.1 cm³/mol. The lowest BCUT2D eigenvalue weighted by atomic mass is 9.99. The number of hydrogen-bond acceptors (Lipinski definition) is 2. The summed E-state index contributed by atoms with van der Waals surface area (Å²) in [5.74, 6) is 0.207. The highest BCUT2D eigenvalue weighted by Gasteiger charge is 2.19. The molecular weight excluding hydrogens is 288 g/mol. The Morgan fingerprint density at radius 3 is 2.70 bits per heavy atom. The van der Waals surface area contributed by atoms with E-state index in [0.717, 1.165) is 31.4 Å². The van der Waals surface area contributed by atoms with Gasteiger partial charge in [-0.1, -0.05) is 25.1 Å². The molecule has 4 heteroatoms. The average molecular weight is 316 g/mol. The molecule has 0 bridgehead atoms. The molecule has 2 rings (SSSR count). The lowest BCUT2D eigenvalue weighted by molar-refractivity contribution is -0.133. The highest BCUT2D eigenvalue weighted by Crippen LogP contribution is 2.20. The van der Waals surface area contributed by atoms with Crippen LogP contribution in [0.1, 0.15) is 61.8 Å². The molecule has 0 aliphatic carbocycles. The predicted octanol–water partition coefficient (Wildman–Crippen LogP) is 3.27. The van der Waals surface area contributed by atoms with E-state index in [9.17, 15) is 9.59 Å². The first-order valence-electron chi connectivity index (χ1n) is 8.65. The molecule has 4 nitrogen and oxygen atoms in total. The third kappa shape index (κ3) is 4.81. The van der Waals surface area contributed by atoms with Gasteiger partial charge in [-0.15, -0.1) is 0 Å². The first kappa shape index (κ1) is 17.5. The monoisotopic (exact) mass is 316 g/mol. The van der Waals surface area contributed by atoms with Crippen molar-refractivity contribution in [2.24, 2.45) is 0 Å². The fourth-order valence-electron chi connectivity index (χ4n) is 3.00. The number of amides is 2. The molecule has 23 heavy (non-hydrogen) atoms. The van der Waals surface area contributed by atoms with Gasteiger partial charge in [0.25, 0.3) is 0 Å². The number of nitrogens with zero attached hydrogens (tertiary/aromatic N) is 1. The zero-order chi connectivity index (χ0) is 16.8. The molecule has 2 amide bonds. The molecule has 1 atom stereocenters. The second-order valence-electron chi connectivity index (χ2n) is 6.46. The van der Waals surface area contributed by atoms with E-state index >= 15 is 0 Å². The number of piperidine rings is 1. The van der Waals surface area contributed by atoms with Crippen molar-refractivity contribution in [2.45, 2.75) is 58.9 Å². The molecule has 126 valence electrons. The van der Waals surface area contributed by atoms with E-state index in [0.29, 0.717) is 19.4 Å². The first-order valence-corrected chi connectivity index (χ1v) is 8.65. The van der Waals surface area contributed by atoms with E-state index in [1.165, 1.54) is 11.1 Å². The molecule has 1 aliphatic rings. The highest BCUT2D eigenvalue weighted by atomic mass is 16.2. The molecule has 0 spiro atoms. The van der Waals surface area contributed by atoms with Crippen molar-refractivity contribution in [1.82, 2.24) is 10.2 Å². The molecule has 1 aliphatic heterocycles. The summed E-state index contributed by atoms with van der Waals surface area (Å²) in [6.45, 7) is 7.59. The van der Waals surface area contributed by atoms with Gasteiger partial charge in [0.05, 0.1) is 6.04 Å². The Kier molecular flexibility index (Phi) is 6.20. The van der Waals surface area contributed by atoms with Gasteiger partial charge in [-0.25, -0.2) is 0 Å². The molecule has 0 unspecified atom stereocenters. The summed E-state index contributed by atoms with van der Waals surface area (Å²) in [5.41, 5.74) is 3.66. The van der Waals surface area contributed by atoms with Crippen LogP contribution in [0.5, 0.6) is 0 Å². The standard InChI is InChI=1S/C19H28N2O2/c1-4-17(16-9-8-14(2)15(3)13-16)20-18(22)10-12-21-11-6-5-7-19(21)23/h8-9,13,17H,4-7,10-12H2,1-3H3,(H,20,22)/t17-/m0/s1. The SMILES string of the molecule is CC[C@H](NC(=O)CCN1CCCCC1=O)c1ccc(C)c(C)c1. The maximum absolute atomic E-state index is 12.2. The number of carbonyl (C=O) groups is 2. The van der Waals surface area contributed by atoms with Crippen molar-refractivity contribution in [3.05, 3.63) is 34.9 Å². The van der Waals surface area contributed by atoms with Crippen LogP contribution in [0.4, 0.5) is 0 Å². The Labute approximate surface area is 139 Å². The topological polar surface area (TPSA) is 49.4 Å². The van der Waals surface area contributed by atoms with E-state index in [2.05, 4.69) is 44.3 Å². The highest BCUT2D eigenvalue weighted by molar-refractivity contribution is 5.79. The number of nitrogens with one attached hydrogen (secondary N) is 1. The van der Waals surface area contributed by atoms with Crippen LogP contribution in [0.25, 0.3) is 0 Å². The van der Waals surface area contributed by atoms with E-state index in [-0.39, 0.29) is 17.9 Å². The summed E-state index contributed by atoms with van der Waals surface area (Å²) in [4.78, 5) is 25.8. The minimum absolute atomic E-state index is 0.0217. The molecule has 1 heterocycles. The van der Waals surface area contributed by atoms with Crippen LogP contribution in [0.2, 0.25) is 0 Å². The lowest BCUT2D eigenvalue weighted by Gasteiger charge is -2.27. The first-order chi connectivity index (χ1) is 11.0. The second kappa shape index (κ2) is 8.14. The van der Waals surface area contributed by atoms with Gasteiger partial charge in [0, 0.05) is 25.9 Å². The van der Waals surface area contributed by atoms with Gasteiger partial charge in [-0.2, -0.15) is 0 Å². The molecular formula is C19H28N2O2. The number of aryl methyl sites for hydroxylation is 2. The fraction of sp³-hybridized carbons (Fsp3) is 0.579. The van der Waals surface area contributed by atoms with Gasteiger partial charge >= 0.3 is 0 Å². The van der Waals surface area contributed by atoms with Gasteiger partial charge in [0.1, 0.15) is 0 Å². The Balaban J connectivity index is 1.89. The van der Waals surface area contributed by atoms with E-state index in [4.69, 9.17) is 0 Å². The van der Waals surface area contributed by atoms with Crippen molar-refractivity contribution in [2.75, 3.05) is 13.1 Å². The average Bonchev–Trinajstić information content (AvgIpc) is 2.54. The number of hydrogen-bond donors (Lipinski definition) is 1. The Morgan fingerprint density at radius 2 is 2.04 bits per heavy atom. The minimum atomic E-state index is 0.0217. The largest absolute Gasteiger partial charge is 0.349 e.